The fourth-order valence-electron chi connectivity index (χ4n) is 1.15. The molecule has 0 aliphatic carbocycles. The van der Waals surface area contributed by atoms with E-state index in [1.807, 2.05) is 0 Å². The van der Waals surface area contributed by atoms with Gasteiger partial charge in [0, 0.05) is 6.54 Å². The van der Waals surface area contributed by atoms with Gasteiger partial charge < -0.3 is 0 Å². The standard InChI is InChI=1S/C8H15N/c1-2-9-7-5-3-4-6-8-9/h3,5H,2,4,6-8H2,1H3. The van der Waals surface area contributed by atoms with Crippen molar-refractivity contribution in [2.45, 2.75) is 19.8 Å². The molecule has 0 saturated carbocycles. The van der Waals surface area contributed by atoms with Crippen molar-refractivity contribution in [2.75, 3.05) is 19.6 Å². The summed E-state index contributed by atoms with van der Waals surface area (Å²) in [5.41, 5.74) is 0. The molecule has 1 aliphatic rings. The molecular weight excluding hydrogens is 110 g/mol. The highest BCUT2D eigenvalue weighted by Crippen LogP contribution is 2.01. The van der Waals surface area contributed by atoms with Gasteiger partial charge in [-0.2, -0.15) is 0 Å². The van der Waals surface area contributed by atoms with E-state index >= 15 is 0 Å². The van der Waals surface area contributed by atoms with E-state index in [0.717, 1.165) is 6.54 Å². The fourth-order valence-corrected chi connectivity index (χ4v) is 1.15. The number of hydrogen-bond donors (Lipinski definition) is 0. The van der Waals surface area contributed by atoms with Crippen LogP contribution in [0, 0.1) is 0 Å². The summed E-state index contributed by atoms with van der Waals surface area (Å²) < 4.78 is 0. The van der Waals surface area contributed by atoms with Gasteiger partial charge in [-0.25, -0.2) is 0 Å². The van der Waals surface area contributed by atoms with Gasteiger partial charge in [0.25, 0.3) is 0 Å². The lowest BCUT2D eigenvalue weighted by molar-refractivity contribution is 0.321. The molecule has 0 atom stereocenters. The number of allylic oxidation sites excluding steroid dienone is 1. The van der Waals surface area contributed by atoms with E-state index in [1.54, 1.807) is 0 Å². The highest BCUT2D eigenvalue weighted by atomic mass is 15.1. The Hall–Kier alpha value is -0.300. The second kappa shape index (κ2) is 3.67. The van der Waals surface area contributed by atoms with Gasteiger partial charge >= 0.3 is 0 Å². The second-order valence-corrected chi connectivity index (χ2v) is 2.51. The Labute approximate surface area is 57.4 Å². The van der Waals surface area contributed by atoms with E-state index in [4.69, 9.17) is 0 Å². The molecule has 9 heavy (non-hydrogen) atoms. The van der Waals surface area contributed by atoms with Crippen molar-refractivity contribution in [3.05, 3.63) is 12.2 Å². The molecule has 1 rings (SSSR count). The summed E-state index contributed by atoms with van der Waals surface area (Å²) in [7, 11) is 0. The summed E-state index contributed by atoms with van der Waals surface area (Å²) in [6.45, 7) is 5.86. The van der Waals surface area contributed by atoms with Gasteiger partial charge in [-0.15, -0.1) is 0 Å². The first-order valence-corrected chi connectivity index (χ1v) is 3.81. The van der Waals surface area contributed by atoms with Crippen molar-refractivity contribution < 1.29 is 0 Å². The first-order valence-electron chi connectivity index (χ1n) is 3.81. The van der Waals surface area contributed by atoms with Crippen molar-refractivity contribution in [3.63, 3.8) is 0 Å². The van der Waals surface area contributed by atoms with E-state index in [2.05, 4.69) is 24.0 Å². The summed E-state index contributed by atoms with van der Waals surface area (Å²) in [6, 6.07) is 0. The summed E-state index contributed by atoms with van der Waals surface area (Å²) in [5.74, 6) is 0. The molecule has 0 amide bonds. The van der Waals surface area contributed by atoms with Crippen LogP contribution in [0.25, 0.3) is 0 Å². The summed E-state index contributed by atoms with van der Waals surface area (Å²) in [5, 5.41) is 0. The Morgan fingerprint density at radius 2 is 2.33 bits per heavy atom. The third-order valence-electron chi connectivity index (χ3n) is 1.82. The fraction of sp³-hybridized carbons (Fsp3) is 0.750. The monoisotopic (exact) mass is 125 g/mol. The van der Waals surface area contributed by atoms with Crippen molar-refractivity contribution in [3.8, 4) is 0 Å². The average molecular weight is 125 g/mol. The quantitative estimate of drug-likeness (QED) is 0.482. The van der Waals surface area contributed by atoms with Crippen LogP contribution < -0.4 is 0 Å². The van der Waals surface area contributed by atoms with Crippen LogP contribution in [-0.2, 0) is 0 Å². The summed E-state index contributed by atoms with van der Waals surface area (Å²) in [4.78, 5) is 2.46. The topological polar surface area (TPSA) is 3.24 Å². The minimum absolute atomic E-state index is 1.16. The Balaban J connectivity index is 2.29. The maximum atomic E-state index is 2.46. The highest BCUT2D eigenvalue weighted by Gasteiger charge is 2.00. The normalized spacial score (nSPS) is 21.9. The number of hydrogen-bond acceptors (Lipinski definition) is 1. The molecule has 0 saturated heterocycles. The maximum Gasteiger partial charge on any atom is 0.0163 e. The van der Waals surface area contributed by atoms with Gasteiger partial charge in [-0.3, -0.25) is 4.90 Å². The minimum Gasteiger partial charge on any atom is -0.300 e. The lowest BCUT2D eigenvalue weighted by atomic mass is 10.3. The Morgan fingerprint density at radius 3 is 3.11 bits per heavy atom. The Bertz CT molecular complexity index is 96.7. The van der Waals surface area contributed by atoms with Crippen LogP contribution >= 0.6 is 0 Å². The smallest absolute Gasteiger partial charge is 0.0163 e. The molecule has 0 aromatic rings. The zero-order valence-electron chi connectivity index (χ0n) is 6.14. The molecule has 0 fully saturated rings. The first kappa shape index (κ1) is 6.81. The molecule has 1 nitrogen and oxygen atoms in total. The van der Waals surface area contributed by atoms with Gasteiger partial charge in [0.15, 0.2) is 0 Å². The van der Waals surface area contributed by atoms with Gasteiger partial charge in [-0.1, -0.05) is 19.1 Å². The van der Waals surface area contributed by atoms with Gasteiger partial charge in [0.05, 0.1) is 0 Å². The van der Waals surface area contributed by atoms with Crippen LogP contribution in [0.4, 0.5) is 0 Å². The third-order valence-corrected chi connectivity index (χ3v) is 1.82. The average Bonchev–Trinajstić information content (AvgIpc) is 2.13. The van der Waals surface area contributed by atoms with Gasteiger partial charge in [0.1, 0.15) is 0 Å². The Morgan fingerprint density at radius 1 is 1.44 bits per heavy atom. The number of rotatable bonds is 1. The van der Waals surface area contributed by atoms with Crippen molar-refractivity contribution >= 4 is 0 Å². The van der Waals surface area contributed by atoms with Crippen LogP contribution in [0.3, 0.4) is 0 Å². The van der Waals surface area contributed by atoms with Crippen LogP contribution in [0.15, 0.2) is 12.2 Å². The molecule has 0 unspecified atom stereocenters. The van der Waals surface area contributed by atoms with Crippen LogP contribution in [0.5, 0.6) is 0 Å². The largest absolute Gasteiger partial charge is 0.300 e. The van der Waals surface area contributed by atoms with E-state index in [0.29, 0.717) is 0 Å². The molecule has 1 heterocycles. The van der Waals surface area contributed by atoms with E-state index in [1.165, 1.54) is 25.9 Å². The maximum absolute atomic E-state index is 2.46. The lowest BCUT2D eigenvalue weighted by Gasteiger charge is -2.15. The van der Waals surface area contributed by atoms with E-state index in [-0.39, 0.29) is 0 Å². The van der Waals surface area contributed by atoms with Gasteiger partial charge in [0.2, 0.25) is 0 Å². The van der Waals surface area contributed by atoms with Gasteiger partial charge in [-0.05, 0) is 25.9 Å². The number of likely N-dealkylation sites (N-methyl/N-ethyl adjacent to an activating group) is 1. The molecular formula is C8H15N. The third kappa shape index (κ3) is 2.19. The SMILES string of the molecule is CCN1CC=CCCC1. The Kier molecular flexibility index (Phi) is 2.78. The minimum atomic E-state index is 1.16. The van der Waals surface area contributed by atoms with Crippen molar-refractivity contribution in [1.29, 1.82) is 0 Å². The molecule has 0 aromatic carbocycles. The predicted octanol–water partition coefficient (Wildman–Crippen LogP) is 1.66. The molecule has 0 radical (unpaired) electrons. The molecule has 1 aliphatic heterocycles. The molecule has 52 valence electrons. The number of nitrogens with zero attached hydrogens (tertiary/aromatic N) is 1. The molecule has 0 spiro atoms. The zero-order valence-corrected chi connectivity index (χ0v) is 6.14. The van der Waals surface area contributed by atoms with Crippen LogP contribution in [0.2, 0.25) is 0 Å². The summed E-state index contributed by atoms with van der Waals surface area (Å²) in [6.07, 6.45) is 7.17. The molecule has 0 N–H and O–H groups in total. The summed E-state index contributed by atoms with van der Waals surface area (Å²) >= 11 is 0. The second-order valence-electron chi connectivity index (χ2n) is 2.51. The molecule has 0 bridgehead atoms. The molecule has 0 aromatic heterocycles. The van der Waals surface area contributed by atoms with Crippen molar-refractivity contribution in [2.24, 2.45) is 0 Å². The lowest BCUT2D eigenvalue weighted by Crippen LogP contribution is -2.23. The van der Waals surface area contributed by atoms with Crippen LogP contribution in [-0.4, -0.2) is 24.5 Å². The zero-order chi connectivity index (χ0) is 6.53. The van der Waals surface area contributed by atoms with E-state index < -0.39 is 0 Å². The van der Waals surface area contributed by atoms with Crippen molar-refractivity contribution in [1.82, 2.24) is 4.90 Å². The van der Waals surface area contributed by atoms with Crippen LogP contribution in [0.1, 0.15) is 19.8 Å². The first-order chi connectivity index (χ1) is 4.43. The van der Waals surface area contributed by atoms with E-state index in [9.17, 15) is 0 Å². The molecule has 1 heteroatoms. The predicted molar refractivity (Wildman–Crippen MR) is 40.5 cm³/mol. The highest BCUT2D eigenvalue weighted by molar-refractivity contribution is 4.87.